The summed E-state index contributed by atoms with van der Waals surface area (Å²) in [7, 11) is -4.04. The van der Waals surface area contributed by atoms with E-state index in [2.05, 4.69) is 4.72 Å². The van der Waals surface area contributed by atoms with E-state index in [1.54, 1.807) is 0 Å². The van der Waals surface area contributed by atoms with Crippen molar-refractivity contribution in [3.8, 4) is 0 Å². The highest BCUT2D eigenvalue weighted by atomic mass is 35.5. The second-order valence-electron chi connectivity index (χ2n) is 3.36. The van der Waals surface area contributed by atoms with Crippen LogP contribution in [0, 0.1) is 0 Å². The van der Waals surface area contributed by atoms with Crippen LogP contribution in [0.3, 0.4) is 0 Å². The van der Waals surface area contributed by atoms with Gasteiger partial charge in [-0.1, -0.05) is 11.6 Å². The van der Waals surface area contributed by atoms with E-state index >= 15 is 0 Å². The smallest absolute Gasteiger partial charge is 0.329 e. The van der Waals surface area contributed by atoms with E-state index in [1.807, 2.05) is 0 Å². The first-order valence-corrected chi connectivity index (χ1v) is 6.60. The molecule has 0 bridgehead atoms. The van der Waals surface area contributed by atoms with Crippen LogP contribution in [-0.2, 0) is 16.2 Å². The van der Waals surface area contributed by atoms with Gasteiger partial charge in [0.2, 0.25) is 10.0 Å². The SMILES string of the molecule is Cl.NCCNS(=O)(=O)c1cc(Cl)cc(C(F)(F)F)c1. The molecule has 10 heteroatoms. The predicted molar refractivity (Wildman–Crippen MR) is 67.9 cm³/mol. The second kappa shape index (κ2) is 6.76. The molecule has 0 aliphatic carbocycles. The lowest BCUT2D eigenvalue weighted by molar-refractivity contribution is -0.137. The average molecular weight is 339 g/mol. The van der Waals surface area contributed by atoms with E-state index in [0.29, 0.717) is 12.1 Å². The van der Waals surface area contributed by atoms with E-state index in [9.17, 15) is 21.6 Å². The Kier molecular flexibility index (Phi) is 6.56. The van der Waals surface area contributed by atoms with E-state index in [0.717, 1.165) is 6.07 Å². The van der Waals surface area contributed by atoms with Gasteiger partial charge >= 0.3 is 6.18 Å². The summed E-state index contributed by atoms with van der Waals surface area (Å²) in [5, 5.41) is -0.307. The van der Waals surface area contributed by atoms with Crippen molar-refractivity contribution in [3.05, 3.63) is 28.8 Å². The summed E-state index contributed by atoms with van der Waals surface area (Å²) in [5.41, 5.74) is 3.99. The Morgan fingerprint density at radius 3 is 2.32 bits per heavy atom. The summed E-state index contributed by atoms with van der Waals surface area (Å²) in [6.45, 7) is -0.0396. The van der Waals surface area contributed by atoms with E-state index in [4.69, 9.17) is 17.3 Å². The molecular formula is C9H11Cl2F3N2O2S. The normalized spacial score (nSPS) is 12.1. The minimum Gasteiger partial charge on any atom is -0.329 e. The third-order valence-electron chi connectivity index (χ3n) is 1.95. The molecule has 0 aromatic heterocycles. The zero-order valence-corrected chi connectivity index (χ0v) is 11.8. The van der Waals surface area contributed by atoms with E-state index < -0.39 is 26.7 Å². The molecule has 0 heterocycles. The van der Waals surface area contributed by atoms with Crippen LogP contribution in [0.15, 0.2) is 23.1 Å². The third-order valence-corrected chi connectivity index (χ3v) is 3.60. The summed E-state index contributed by atoms with van der Waals surface area (Å²) < 4.78 is 62.8. The van der Waals surface area contributed by atoms with Gasteiger partial charge in [0.15, 0.2) is 0 Å². The zero-order chi connectivity index (χ0) is 14.0. The lowest BCUT2D eigenvalue weighted by atomic mass is 10.2. The maximum absolute atomic E-state index is 12.5. The Balaban J connectivity index is 0.00000324. The topological polar surface area (TPSA) is 72.2 Å². The standard InChI is InChI=1S/C9H10ClF3N2O2S.ClH/c10-7-3-6(9(11,12)13)4-8(5-7)18(16,17)15-2-1-14;/h3-5,15H,1-2,14H2;1H. The Morgan fingerprint density at radius 2 is 1.84 bits per heavy atom. The van der Waals surface area contributed by atoms with Gasteiger partial charge in [0.1, 0.15) is 0 Å². The predicted octanol–water partition coefficient (Wildman–Crippen LogP) is 2.02. The van der Waals surface area contributed by atoms with Crippen molar-refractivity contribution in [3.63, 3.8) is 0 Å². The summed E-state index contributed by atoms with van der Waals surface area (Å²) in [6.07, 6.45) is -4.66. The van der Waals surface area contributed by atoms with E-state index in [-0.39, 0.29) is 30.5 Å². The minimum atomic E-state index is -4.66. The van der Waals surface area contributed by atoms with Gasteiger partial charge in [-0.05, 0) is 18.2 Å². The summed E-state index contributed by atoms with van der Waals surface area (Å²) >= 11 is 5.48. The molecule has 0 radical (unpaired) electrons. The molecule has 19 heavy (non-hydrogen) atoms. The van der Waals surface area contributed by atoms with Gasteiger partial charge in [-0.2, -0.15) is 13.2 Å². The monoisotopic (exact) mass is 338 g/mol. The van der Waals surface area contributed by atoms with Crippen LogP contribution in [0.25, 0.3) is 0 Å². The van der Waals surface area contributed by atoms with Crippen LogP contribution in [0.5, 0.6) is 0 Å². The number of alkyl halides is 3. The number of nitrogens with one attached hydrogen (secondary N) is 1. The molecule has 0 spiro atoms. The lowest BCUT2D eigenvalue weighted by Gasteiger charge is -2.10. The van der Waals surface area contributed by atoms with Gasteiger partial charge in [0.05, 0.1) is 10.5 Å². The molecule has 0 fully saturated rings. The molecule has 110 valence electrons. The highest BCUT2D eigenvalue weighted by molar-refractivity contribution is 7.89. The first kappa shape index (κ1) is 18.5. The maximum atomic E-state index is 12.5. The number of nitrogens with two attached hydrogens (primary N) is 1. The largest absolute Gasteiger partial charge is 0.416 e. The van der Waals surface area contributed by atoms with Crippen LogP contribution in [0.4, 0.5) is 13.2 Å². The first-order valence-electron chi connectivity index (χ1n) is 4.74. The Labute approximate surface area is 119 Å². The zero-order valence-electron chi connectivity index (χ0n) is 9.37. The average Bonchev–Trinajstić information content (AvgIpc) is 2.24. The molecule has 1 aromatic rings. The van der Waals surface area contributed by atoms with Gasteiger partial charge in [-0.25, -0.2) is 13.1 Å². The quantitative estimate of drug-likeness (QED) is 0.882. The molecule has 0 atom stereocenters. The van der Waals surface area contributed by atoms with Crippen LogP contribution in [0.2, 0.25) is 5.02 Å². The molecule has 0 saturated heterocycles. The van der Waals surface area contributed by atoms with Crippen molar-refractivity contribution in [2.75, 3.05) is 13.1 Å². The third kappa shape index (κ3) is 5.15. The van der Waals surface area contributed by atoms with E-state index in [1.165, 1.54) is 0 Å². The van der Waals surface area contributed by atoms with Gasteiger partial charge in [-0.3, -0.25) is 0 Å². The summed E-state index contributed by atoms with van der Waals surface area (Å²) in [4.78, 5) is -0.546. The summed E-state index contributed by atoms with van der Waals surface area (Å²) in [5.74, 6) is 0. The lowest BCUT2D eigenvalue weighted by Crippen LogP contribution is -2.29. The van der Waals surface area contributed by atoms with Crippen LogP contribution in [0.1, 0.15) is 5.56 Å². The Bertz CT molecular complexity index is 535. The molecule has 0 aliphatic heterocycles. The molecule has 1 rings (SSSR count). The number of hydrogen-bond acceptors (Lipinski definition) is 3. The number of rotatable bonds is 4. The Hall–Kier alpha value is -0.540. The highest BCUT2D eigenvalue weighted by Gasteiger charge is 2.32. The van der Waals surface area contributed by atoms with Crippen molar-refractivity contribution in [2.45, 2.75) is 11.1 Å². The minimum absolute atomic E-state index is 0. The molecule has 1 aromatic carbocycles. The van der Waals surface area contributed by atoms with Crippen LogP contribution >= 0.6 is 24.0 Å². The van der Waals surface area contributed by atoms with Crippen molar-refractivity contribution >= 4 is 34.0 Å². The fourth-order valence-corrected chi connectivity index (χ4v) is 2.58. The number of hydrogen-bond donors (Lipinski definition) is 2. The van der Waals surface area contributed by atoms with Gasteiger partial charge < -0.3 is 5.73 Å². The van der Waals surface area contributed by atoms with Crippen molar-refractivity contribution < 1.29 is 21.6 Å². The Morgan fingerprint density at radius 1 is 1.26 bits per heavy atom. The van der Waals surface area contributed by atoms with Crippen LogP contribution in [-0.4, -0.2) is 21.5 Å². The second-order valence-corrected chi connectivity index (χ2v) is 5.56. The van der Waals surface area contributed by atoms with Crippen LogP contribution < -0.4 is 10.5 Å². The fraction of sp³-hybridized carbons (Fsp3) is 0.333. The first-order chi connectivity index (χ1) is 8.16. The molecule has 3 N–H and O–H groups in total. The van der Waals surface area contributed by atoms with Gasteiger partial charge in [0.25, 0.3) is 0 Å². The van der Waals surface area contributed by atoms with Gasteiger partial charge in [-0.15, -0.1) is 12.4 Å². The number of benzene rings is 1. The molecule has 0 amide bonds. The maximum Gasteiger partial charge on any atom is 0.416 e. The molecule has 0 aliphatic rings. The molecule has 0 unspecified atom stereocenters. The molecule has 4 nitrogen and oxygen atoms in total. The van der Waals surface area contributed by atoms with Gasteiger partial charge in [0, 0.05) is 18.1 Å². The number of sulfonamides is 1. The van der Waals surface area contributed by atoms with Crippen molar-refractivity contribution in [1.29, 1.82) is 0 Å². The number of halogens is 5. The highest BCUT2D eigenvalue weighted by Crippen LogP contribution is 2.32. The molecular weight excluding hydrogens is 328 g/mol. The summed E-state index contributed by atoms with van der Waals surface area (Å²) in [6, 6.07) is 2.11. The molecule has 0 saturated carbocycles. The fourth-order valence-electron chi connectivity index (χ4n) is 1.16. The van der Waals surface area contributed by atoms with Crippen molar-refractivity contribution in [1.82, 2.24) is 4.72 Å². The van der Waals surface area contributed by atoms with Crippen molar-refractivity contribution in [2.24, 2.45) is 5.73 Å².